The van der Waals surface area contributed by atoms with E-state index >= 15 is 0 Å². The smallest absolute Gasteiger partial charge is 0.116 e. The van der Waals surface area contributed by atoms with Crippen molar-refractivity contribution in [3.63, 3.8) is 0 Å². The van der Waals surface area contributed by atoms with E-state index < -0.39 is 0 Å². The van der Waals surface area contributed by atoms with E-state index in [4.69, 9.17) is 4.74 Å². The zero-order valence-corrected chi connectivity index (χ0v) is 10.8. The van der Waals surface area contributed by atoms with Gasteiger partial charge < -0.3 is 9.64 Å². The molecule has 0 spiro atoms. The molecule has 0 saturated carbocycles. The van der Waals surface area contributed by atoms with Gasteiger partial charge >= 0.3 is 0 Å². The molecule has 1 aliphatic heterocycles. The summed E-state index contributed by atoms with van der Waals surface area (Å²) < 4.78 is 6.05. The standard InChI is InChI=1S/C15H23NO/c1-2-11-16-12-9-15(10-13-16)17-14-7-5-3-4-6-8-14/h3-5,7-8,15H,2,6,9-13H2,1H3. The van der Waals surface area contributed by atoms with Crippen molar-refractivity contribution >= 4 is 0 Å². The highest BCUT2D eigenvalue weighted by Gasteiger charge is 2.19. The maximum absolute atomic E-state index is 6.05. The first-order valence-electron chi connectivity index (χ1n) is 6.81. The molecule has 2 heteroatoms. The lowest BCUT2D eigenvalue weighted by Crippen LogP contribution is -2.37. The SMILES string of the molecule is CCCN1CCC(OC2=CCC=CC=C2)CC1. The van der Waals surface area contributed by atoms with Crippen LogP contribution in [-0.2, 0) is 4.74 Å². The third-order valence-electron chi connectivity index (χ3n) is 3.34. The van der Waals surface area contributed by atoms with E-state index in [9.17, 15) is 0 Å². The second-order valence-electron chi connectivity index (χ2n) is 4.79. The molecule has 0 aromatic carbocycles. The fourth-order valence-corrected chi connectivity index (χ4v) is 2.41. The first-order chi connectivity index (χ1) is 8.38. The second kappa shape index (κ2) is 6.65. The summed E-state index contributed by atoms with van der Waals surface area (Å²) in [4.78, 5) is 2.54. The number of ether oxygens (including phenoxy) is 1. The highest BCUT2D eigenvalue weighted by molar-refractivity contribution is 5.22. The topological polar surface area (TPSA) is 12.5 Å². The van der Waals surface area contributed by atoms with Crippen LogP contribution in [0, 0.1) is 0 Å². The Bertz CT molecular complexity index is 309. The van der Waals surface area contributed by atoms with Crippen LogP contribution in [0.25, 0.3) is 0 Å². The molecule has 1 fully saturated rings. The van der Waals surface area contributed by atoms with E-state index in [1.807, 2.05) is 0 Å². The molecule has 0 atom stereocenters. The number of likely N-dealkylation sites (tertiary alicyclic amines) is 1. The summed E-state index contributed by atoms with van der Waals surface area (Å²) in [7, 11) is 0. The molecule has 1 aliphatic carbocycles. The summed E-state index contributed by atoms with van der Waals surface area (Å²) in [6.45, 7) is 5.86. The van der Waals surface area contributed by atoms with Gasteiger partial charge in [0.2, 0.25) is 0 Å². The van der Waals surface area contributed by atoms with Crippen molar-refractivity contribution in [2.75, 3.05) is 19.6 Å². The lowest BCUT2D eigenvalue weighted by Gasteiger charge is -2.32. The largest absolute Gasteiger partial charge is 0.491 e. The Hall–Kier alpha value is -1.02. The molecule has 2 aliphatic rings. The van der Waals surface area contributed by atoms with Crippen LogP contribution in [0.15, 0.2) is 36.1 Å². The second-order valence-corrected chi connectivity index (χ2v) is 4.79. The minimum absolute atomic E-state index is 0.414. The van der Waals surface area contributed by atoms with Gasteiger partial charge in [0.25, 0.3) is 0 Å². The van der Waals surface area contributed by atoms with Gasteiger partial charge in [-0.1, -0.05) is 25.2 Å². The van der Waals surface area contributed by atoms with Crippen LogP contribution in [0.5, 0.6) is 0 Å². The van der Waals surface area contributed by atoms with Crippen molar-refractivity contribution in [3.05, 3.63) is 36.1 Å². The van der Waals surface area contributed by atoms with Crippen molar-refractivity contribution in [3.8, 4) is 0 Å². The summed E-state index contributed by atoms with van der Waals surface area (Å²) in [6.07, 6.45) is 15.5. The van der Waals surface area contributed by atoms with Crippen molar-refractivity contribution < 1.29 is 4.74 Å². The van der Waals surface area contributed by atoms with E-state index in [2.05, 4.69) is 42.2 Å². The normalized spacial score (nSPS) is 22.3. The molecule has 0 aromatic heterocycles. The van der Waals surface area contributed by atoms with Gasteiger partial charge in [-0.15, -0.1) is 0 Å². The number of rotatable bonds is 4. The first kappa shape index (κ1) is 12.4. The number of allylic oxidation sites excluding steroid dienone is 5. The van der Waals surface area contributed by atoms with Gasteiger partial charge in [0.1, 0.15) is 11.9 Å². The molecule has 0 unspecified atom stereocenters. The predicted octanol–water partition coefficient (Wildman–Crippen LogP) is 3.28. The molecular weight excluding hydrogens is 210 g/mol. The van der Waals surface area contributed by atoms with Crippen LogP contribution >= 0.6 is 0 Å². The highest BCUT2D eigenvalue weighted by atomic mass is 16.5. The fourth-order valence-electron chi connectivity index (χ4n) is 2.41. The van der Waals surface area contributed by atoms with Crippen LogP contribution in [0.2, 0.25) is 0 Å². The van der Waals surface area contributed by atoms with E-state index in [0.29, 0.717) is 6.10 Å². The Morgan fingerprint density at radius 1 is 1.29 bits per heavy atom. The fraction of sp³-hybridized carbons (Fsp3) is 0.600. The van der Waals surface area contributed by atoms with E-state index in [-0.39, 0.29) is 0 Å². The van der Waals surface area contributed by atoms with Crippen molar-refractivity contribution in [1.82, 2.24) is 4.90 Å². The van der Waals surface area contributed by atoms with Gasteiger partial charge in [-0.3, -0.25) is 0 Å². The van der Waals surface area contributed by atoms with Crippen molar-refractivity contribution in [1.29, 1.82) is 0 Å². The lowest BCUT2D eigenvalue weighted by atomic mass is 10.1. The van der Waals surface area contributed by atoms with Crippen LogP contribution in [-0.4, -0.2) is 30.6 Å². The average Bonchev–Trinajstić information content (AvgIpc) is 2.61. The van der Waals surface area contributed by atoms with Gasteiger partial charge in [0.05, 0.1) is 0 Å². The number of hydrogen-bond acceptors (Lipinski definition) is 2. The first-order valence-corrected chi connectivity index (χ1v) is 6.81. The summed E-state index contributed by atoms with van der Waals surface area (Å²) in [5, 5.41) is 0. The summed E-state index contributed by atoms with van der Waals surface area (Å²) >= 11 is 0. The molecule has 0 aromatic rings. The van der Waals surface area contributed by atoms with Gasteiger partial charge in [-0.2, -0.15) is 0 Å². The molecule has 1 saturated heterocycles. The van der Waals surface area contributed by atoms with E-state index in [0.717, 1.165) is 12.2 Å². The molecular formula is C15H23NO. The van der Waals surface area contributed by atoms with E-state index in [1.165, 1.54) is 38.9 Å². The van der Waals surface area contributed by atoms with Gasteiger partial charge in [0, 0.05) is 13.1 Å². The van der Waals surface area contributed by atoms with Gasteiger partial charge in [-0.05, 0) is 44.4 Å². The Balaban J connectivity index is 1.76. The zero-order chi connectivity index (χ0) is 11.9. The Morgan fingerprint density at radius 2 is 2.12 bits per heavy atom. The third kappa shape index (κ3) is 4.04. The van der Waals surface area contributed by atoms with Gasteiger partial charge in [-0.25, -0.2) is 0 Å². The number of piperidine rings is 1. The maximum Gasteiger partial charge on any atom is 0.116 e. The highest BCUT2D eigenvalue weighted by Crippen LogP contribution is 2.18. The number of hydrogen-bond donors (Lipinski definition) is 0. The summed E-state index contributed by atoms with van der Waals surface area (Å²) in [5.74, 6) is 1.05. The molecule has 0 amide bonds. The molecule has 1 heterocycles. The minimum atomic E-state index is 0.414. The quantitative estimate of drug-likeness (QED) is 0.739. The predicted molar refractivity (Wildman–Crippen MR) is 71.8 cm³/mol. The Labute approximate surface area is 105 Å². The molecule has 0 radical (unpaired) electrons. The lowest BCUT2D eigenvalue weighted by molar-refractivity contribution is 0.0555. The molecule has 2 nitrogen and oxygen atoms in total. The monoisotopic (exact) mass is 233 g/mol. The van der Waals surface area contributed by atoms with Crippen molar-refractivity contribution in [2.24, 2.45) is 0 Å². The molecule has 94 valence electrons. The van der Waals surface area contributed by atoms with Crippen LogP contribution in [0.3, 0.4) is 0 Å². The summed E-state index contributed by atoms with van der Waals surface area (Å²) in [5.41, 5.74) is 0. The zero-order valence-electron chi connectivity index (χ0n) is 10.8. The maximum atomic E-state index is 6.05. The van der Waals surface area contributed by atoms with Crippen LogP contribution in [0.1, 0.15) is 32.6 Å². The minimum Gasteiger partial charge on any atom is -0.491 e. The van der Waals surface area contributed by atoms with Crippen LogP contribution in [0.4, 0.5) is 0 Å². The van der Waals surface area contributed by atoms with E-state index in [1.54, 1.807) is 0 Å². The Morgan fingerprint density at radius 3 is 2.88 bits per heavy atom. The third-order valence-corrected chi connectivity index (χ3v) is 3.34. The van der Waals surface area contributed by atoms with Crippen molar-refractivity contribution in [2.45, 2.75) is 38.7 Å². The molecule has 2 rings (SSSR count). The number of nitrogens with zero attached hydrogens (tertiary/aromatic N) is 1. The molecule has 0 N–H and O–H groups in total. The summed E-state index contributed by atoms with van der Waals surface area (Å²) in [6, 6.07) is 0. The average molecular weight is 233 g/mol. The van der Waals surface area contributed by atoms with Gasteiger partial charge in [0.15, 0.2) is 0 Å². The molecule has 0 bridgehead atoms. The Kier molecular flexibility index (Phi) is 4.87. The van der Waals surface area contributed by atoms with Crippen LogP contribution < -0.4 is 0 Å². The molecule has 17 heavy (non-hydrogen) atoms.